The van der Waals surface area contributed by atoms with Crippen LogP contribution >= 0.6 is 12.2 Å². The van der Waals surface area contributed by atoms with Gasteiger partial charge in [0.2, 0.25) is 0 Å². The summed E-state index contributed by atoms with van der Waals surface area (Å²) in [5.74, 6) is 0.700. The van der Waals surface area contributed by atoms with E-state index in [1.165, 1.54) is 18.5 Å². The molecule has 0 amide bonds. The van der Waals surface area contributed by atoms with Crippen molar-refractivity contribution in [1.29, 1.82) is 0 Å². The van der Waals surface area contributed by atoms with E-state index in [0.717, 1.165) is 36.3 Å². The molecule has 5 N–H and O–H groups in total. The Hall–Kier alpha value is -2.80. The minimum atomic E-state index is 0.540. The van der Waals surface area contributed by atoms with Gasteiger partial charge in [-0.1, -0.05) is 13.0 Å². The van der Waals surface area contributed by atoms with Gasteiger partial charge in [0.05, 0.1) is 5.69 Å². The highest BCUT2D eigenvalue weighted by Crippen LogP contribution is 2.32. The van der Waals surface area contributed by atoms with E-state index in [9.17, 15) is 0 Å². The molecule has 1 aromatic heterocycles. The lowest BCUT2D eigenvalue weighted by Crippen LogP contribution is -2.17. The lowest BCUT2D eigenvalue weighted by Gasteiger charge is -2.19. The quantitative estimate of drug-likeness (QED) is 0.471. The molecule has 0 spiro atoms. The number of nitrogens with two attached hydrogens (primary N) is 2. The lowest BCUT2D eigenvalue weighted by molar-refractivity contribution is 0.949. The number of nitrogens with zero attached hydrogens (tertiary/aromatic N) is 3. The number of H-pyrrole nitrogens is 1. The number of hydrogen-bond acceptors (Lipinski definition) is 5. The largest absolute Gasteiger partial charge is 0.398 e. The molecule has 2 aromatic carbocycles. The van der Waals surface area contributed by atoms with Crippen LogP contribution < -0.4 is 16.4 Å². The van der Waals surface area contributed by atoms with Crippen molar-refractivity contribution in [3.05, 3.63) is 46.7 Å². The predicted octanol–water partition coefficient (Wildman–Crippen LogP) is 3.92. The maximum absolute atomic E-state index is 6.27. The summed E-state index contributed by atoms with van der Waals surface area (Å²) in [6.45, 7) is 4.26. The minimum Gasteiger partial charge on any atom is -0.398 e. The van der Waals surface area contributed by atoms with Gasteiger partial charge in [-0.3, -0.25) is 9.67 Å². The van der Waals surface area contributed by atoms with Crippen LogP contribution in [0.5, 0.6) is 0 Å². The predicted molar refractivity (Wildman–Crippen MR) is 114 cm³/mol. The highest BCUT2D eigenvalue weighted by Gasteiger charge is 2.17. The summed E-state index contributed by atoms with van der Waals surface area (Å²) in [6, 6.07) is 12.2. The van der Waals surface area contributed by atoms with Crippen LogP contribution in [0.2, 0.25) is 0 Å². The van der Waals surface area contributed by atoms with Crippen molar-refractivity contribution in [2.24, 2.45) is 0 Å². The Bertz CT molecular complexity index is 1030. The smallest absolute Gasteiger partial charge is 0.200 e. The van der Waals surface area contributed by atoms with Gasteiger partial charge in [0.1, 0.15) is 0 Å². The van der Waals surface area contributed by atoms with E-state index in [1.807, 2.05) is 16.7 Å². The average molecular weight is 381 g/mol. The monoisotopic (exact) mass is 380 g/mol. The van der Waals surface area contributed by atoms with Crippen molar-refractivity contribution >= 4 is 29.3 Å². The summed E-state index contributed by atoms with van der Waals surface area (Å²) in [6.07, 6.45) is 3.31. The summed E-state index contributed by atoms with van der Waals surface area (Å²) in [7, 11) is 0. The average Bonchev–Trinajstić information content (AvgIpc) is 3.32. The van der Waals surface area contributed by atoms with Crippen LogP contribution in [0.4, 0.5) is 17.1 Å². The number of aromatic amines is 1. The highest BCUT2D eigenvalue weighted by atomic mass is 32.1. The Morgan fingerprint density at radius 1 is 1.07 bits per heavy atom. The molecule has 1 aliphatic rings. The number of nitrogen functional groups attached to an aromatic ring is 2. The molecule has 0 unspecified atom stereocenters. The summed E-state index contributed by atoms with van der Waals surface area (Å²) >= 11 is 5.53. The number of rotatable bonds is 4. The van der Waals surface area contributed by atoms with Crippen LogP contribution in [-0.2, 0) is 6.42 Å². The van der Waals surface area contributed by atoms with E-state index in [4.69, 9.17) is 23.7 Å². The molecule has 1 saturated heterocycles. The Kier molecular flexibility index (Phi) is 4.61. The van der Waals surface area contributed by atoms with Gasteiger partial charge in [-0.25, -0.2) is 0 Å². The molecular weight excluding hydrogens is 356 g/mol. The molecule has 1 fully saturated rings. The van der Waals surface area contributed by atoms with Crippen LogP contribution in [0.3, 0.4) is 0 Å². The van der Waals surface area contributed by atoms with Crippen molar-refractivity contribution in [1.82, 2.24) is 14.8 Å². The first-order valence-corrected chi connectivity index (χ1v) is 9.70. The van der Waals surface area contributed by atoms with Gasteiger partial charge in [0.25, 0.3) is 0 Å². The van der Waals surface area contributed by atoms with Crippen molar-refractivity contribution in [3.63, 3.8) is 0 Å². The molecule has 140 valence electrons. The zero-order valence-electron chi connectivity index (χ0n) is 15.4. The van der Waals surface area contributed by atoms with E-state index in [0.29, 0.717) is 22.0 Å². The maximum Gasteiger partial charge on any atom is 0.200 e. The molecule has 2 heterocycles. The topological polar surface area (TPSA) is 88.9 Å². The molecule has 0 saturated carbocycles. The van der Waals surface area contributed by atoms with Gasteiger partial charge in [-0.2, -0.15) is 5.10 Å². The fourth-order valence-corrected chi connectivity index (χ4v) is 3.94. The zero-order valence-corrected chi connectivity index (χ0v) is 16.2. The Morgan fingerprint density at radius 3 is 2.56 bits per heavy atom. The first-order chi connectivity index (χ1) is 13.1. The van der Waals surface area contributed by atoms with Crippen molar-refractivity contribution in [3.8, 4) is 17.1 Å². The number of aryl methyl sites for hydroxylation is 1. The van der Waals surface area contributed by atoms with Crippen molar-refractivity contribution in [2.45, 2.75) is 26.2 Å². The van der Waals surface area contributed by atoms with Crippen LogP contribution in [0.1, 0.15) is 25.3 Å². The Morgan fingerprint density at radius 2 is 1.81 bits per heavy atom. The third-order valence-corrected chi connectivity index (χ3v) is 5.44. The van der Waals surface area contributed by atoms with E-state index in [-0.39, 0.29) is 0 Å². The molecule has 0 atom stereocenters. The molecule has 7 heteroatoms. The third-order valence-electron chi connectivity index (χ3n) is 5.16. The van der Waals surface area contributed by atoms with Gasteiger partial charge >= 0.3 is 0 Å². The Labute approximate surface area is 163 Å². The summed E-state index contributed by atoms with van der Waals surface area (Å²) < 4.78 is 2.48. The molecule has 0 aliphatic carbocycles. The van der Waals surface area contributed by atoms with Crippen LogP contribution in [0, 0.1) is 4.77 Å². The molecule has 27 heavy (non-hydrogen) atoms. The summed E-state index contributed by atoms with van der Waals surface area (Å²) in [5.41, 5.74) is 17.7. The van der Waals surface area contributed by atoms with E-state index < -0.39 is 0 Å². The number of hydrogen-bond donors (Lipinski definition) is 3. The SMILES string of the molecule is CCc1cc(-c2n[nH]c(=S)n2-c2cccc(N3CCCC3)c2)c(N)cc1N. The van der Waals surface area contributed by atoms with Gasteiger partial charge in [-0.05, 0) is 67.4 Å². The first-order valence-electron chi connectivity index (χ1n) is 9.29. The van der Waals surface area contributed by atoms with E-state index in [1.54, 1.807) is 6.07 Å². The van der Waals surface area contributed by atoms with Crippen LogP contribution in [-0.4, -0.2) is 27.9 Å². The molecule has 6 nitrogen and oxygen atoms in total. The maximum atomic E-state index is 6.27. The van der Waals surface area contributed by atoms with Gasteiger partial charge in [-0.15, -0.1) is 0 Å². The summed E-state index contributed by atoms with van der Waals surface area (Å²) in [5, 5.41) is 7.38. The first kappa shape index (κ1) is 17.6. The lowest BCUT2D eigenvalue weighted by atomic mass is 10.0. The van der Waals surface area contributed by atoms with Crippen molar-refractivity contribution < 1.29 is 0 Å². The number of aromatic nitrogens is 3. The molecule has 1 aliphatic heterocycles. The van der Waals surface area contributed by atoms with Gasteiger partial charge in [0, 0.05) is 35.7 Å². The highest BCUT2D eigenvalue weighted by molar-refractivity contribution is 7.71. The standard InChI is InChI=1S/C20H24N6S/c1-2-13-10-16(18(22)12-17(13)21)19-23-24-20(27)26(19)15-7-5-6-14(11-15)25-8-3-4-9-25/h5-7,10-12H,2-4,8-9,21-22H2,1H3,(H,24,27). The van der Waals surface area contributed by atoms with Crippen molar-refractivity contribution in [2.75, 3.05) is 29.5 Å². The fraction of sp³-hybridized carbons (Fsp3) is 0.300. The van der Waals surface area contributed by atoms with Gasteiger partial charge < -0.3 is 16.4 Å². The summed E-state index contributed by atoms with van der Waals surface area (Å²) in [4.78, 5) is 2.40. The minimum absolute atomic E-state index is 0.540. The second kappa shape index (κ2) is 7.08. The molecule has 0 bridgehead atoms. The normalized spacial score (nSPS) is 14.0. The number of benzene rings is 2. The zero-order chi connectivity index (χ0) is 19.0. The van der Waals surface area contributed by atoms with E-state index >= 15 is 0 Å². The number of nitrogens with one attached hydrogen (secondary N) is 1. The van der Waals surface area contributed by atoms with Crippen LogP contribution in [0.25, 0.3) is 17.1 Å². The molecular formula is C20H24N6S. The number of anilines is 3. The third kappa shape index (κ3) is 3.19. The van der Waals surface area contributed by atoms with Crippen LogP contribution in [0.15, 0.2) is 36.4 Å². The molecule has 0 radical (unpaired) electrons. The second-order valence-electron chi connectivity index (χ2n) is 6.89. The van der Waals surface area contributed by atoms with E-state index in [2.05, 4.69) is 40.2 Å². The Balaban J connectivity index is 1.84. The van der Waals surface area contributed by atoms with Gasteiger partial charge in [0.15, 0.2) is 10.6 Å². The fourth-order valence-electron chi connectivity index (χ4n) is 3.70. The molecule has 3 aromatic rings. The molecule has 4 rings (SSSR count). The second-order valence-corrected chi connectivity index (χ2v) is 7.28.